The molecule has 0 fully saturated rings. The Hall–Kier alpha value is -0.570. The fourth-order valence-electron chi connectivity index (χ4n) is 0.336. The third-order valence-electron chi connectivity index (χ3n) is 0.820. The normalized spacial score (nSPS) is 8.67. The highest BCUT2D eigenvalue weighted by Crippen LogP contribution is 1.95. The van der Waals surface area contributed by atoms with Crippen LogP contribution in [0, 0.1) is 0 Å². The summed E-state index contributed by atoms with van der Waals surface area (Å²) in [5, 5.41) is 0. The predicted octanol–water partition coefficient (Wildman–Crippen LogP) is 0.578. The molecule has 1 amide bonds. The smallest absolute Gasteiger partial charge is 0.237 e. The largest absolute Gasteiger partial charge is 0.303 e. The molecule has 0 aromatic carbocycles. The number of rotatable bonds is 3. The number of halogens is 1. The molecule has 0 aromatic rings. The molecule has 0 radical (unpaired) electrons. The van der Waals surface area contributed by atoms with Crippen LogP contribution < -0.4 is 0 Å². The maximum Gasteiger partial charge on any atom is 0.237 e. The highest BCUT2D eigenvalue weighted by molar-refractivity contribution is 6.21. The highest BCUT2D eigenvalue weighted by atomic mass is 35.5. The Balaban J connectivity index is 3.38. The van der Waals surface area contributed by atoms with Gasteiger partial charge in [-0.05, 0) is 0 Å². The van der Waals surface area contributed by atoms with E-state index < -0.39 is 0 Å². The molecule has 0 atom stereocenters. The molecule has 0 bridgehead atoms. The van der Waals surface area contributed by atoms with Crippen LogP contribution in [0.3, 0.4) is 0 Å². The summed E-state index contributed by atoms with van der Waals surface area (Å²) in [6, 6.07) is 0. The number of aldehydes is 1. The first kappa shape index (κ1) is 8.43. The summed E-state index contributed by atoms with van der Waals surface area (Å²) in [6.07, 6.45) is 1.14. The average molecular weight is 150 g/mol. The van der Waals surface area contributed by atoms with Gasteiger partial charge in [-0.2, -0.15) is 0 Å². The van der Waals surface area contributed by atoms with Gasteiger partial charge < -0.3 is 4.79 Å². The third kappa shape index (κ3) is 3.97. The lowest BCUT2D eigenvalue weighted by atomic mass is 10.3. The van der Waals surface area contributed by atoms with Crippen molar-refractivity contribution in [2.24, 2.45) is 0 Å². The van der Waals surface area contributed by atoms with E-state index in [4.69, 9.17) is 11.8 Å². The first-order valence-corrected chi connectivity index (χ1v) is 2.88. The Morgan fingerprint density at radius 2 is 2.33 bits per heavy atom. The van der Waals surface area contributed by atoms with Crippen LogP contribution >= 0.6 is 11.8 Å². The van der Waals surface area contributed by atoms with E-state index in [1.165, 1.54) is 7.05 Å². The Morgan fingerprint density at radius 1 is 1.78 bits per heavy atom. The fraction of sp³-hybridized carbons (Fsp3) is 0.600. The Labute approximate surface area is 58.7 Å². The Morgan fingerprint density at radius 3 is 2.67 bits per heavy atom. The summed E-state index contributed by atoms with van der Waals surface area (Å²) in [5.41, 5.74) is 0. The van der Waals surface area contributed by atoms with Crippen LogP contribution in [0.2, 0.25) is 0 Å². The standard InChI is InChI=1S/C5H8ClNO2/c1-7(6)5(9)3-2-4-8/h4H,2-3H2,1H3. The minimum Gasteiger partial charge on any atom is -0.303 e. The lowest BCUT2D eigenvalue weighted by molar-refractivity contribution is -0.126. The van der Waals surface area contributed by atoms with Gasteiger partial charge in [-0.15, -0.1) is 0 Å². The molecule has 3 nitrogen and oxygen atoms in total. The van der Waals surface area contributed by atoms with Crippen molar-refractivity contribution in [3.8, 4) is 0 Å². The van der Waals surface area contributed by atoms with Gasteiger partial charge in [0.15, 0.2) is 0 Å². The van der Waals surface area contributed by atoms with Gasteiger partial charge in [-0.3, -0.25) is 9.21 Å². The van der Waals surface area contributed by atoms with Gasteiger partial charge in [0.2, 0.25) is 5.91 Å². The molecule has 0 saturated carbocycles. The number of amides is 1. The summed E-state index contributed by atoms with van der Waals surface area (Å²) in [4.78, 5) is 20.3. The zero-order valence-electron chi connectivity index (χ0n) is 5.13. The molecule has 4 heteroatoms. The topological polar surface area (TPSA) is 37.4 Å². The van der Waals surface area contributed by atoms with Gasteiger partial charge in [0.1, 0.15) is 6.29 Å². The molecule has 0 N–H and O–H groups in total. The molecule has 0 rings (SSSR count). The monoisotopic (exact) mass is 149 g/mol. The number of hydrogen-bond acceptors (Lipinski definition) is 2. The zero-order valence-corrected chi connectivity index (χ0v) is 5.89. The maximum atomic E-state index is 10.5. The summed E-state index contributed by atoms with van der Waals surface area (Å²) >= 11 is 5.23. The van der Waals surface area contributed by atoms with Gasteiger partial charge in [0.25, 0.3) is 0 Å². The van der Waals surface area contributed by atoms with E-state index in [0.29, 0.717) is 6.29 Å². The molecular weight excluding hydrogens is 142 g/mol. The van der Waals surface area contributed by atoms with Gasteiger partial charge >= 0.3 is 0 Å². The van der Waals surface area contributed by atoms with E-state index in [-0.39, 0.29) is 18.7 Å². The number of carbonyl (C=O) groups excluding carboxylic acids is 2. The summed E-state index contributed by atoms with van der Waals surface area (Å²) in [5.74, 6) is -0.233. The number of hydrogen-bond donors (Lipinski definition) is 0. The molecule has 0 heterocycles. The average Bonchev–Trinajstić information content (AvgIpc) is 1.82. The van der Waals surface area contributed by atoms with Crippen molar-refractivity contribution in [1.82, 2.24) is 4.42 Å². The van der Waals surface area contributed by atoms with Crippen molar-refractivity contribution >= 4 is 24.0 Å². The Bertz CT molecular complexity index is 114. The molecule has 52 valence electrons. The molecule has 0 aromatic heterocycles. The van der Waals surface area contributed by atoms with Crippen molar-refractivity contribution in [2.75, 3.05) is 7.05 Å². The Kier molecular flexibility index (Phi) is 4.05. The lowest BCUT2D eigenvalue weighted by Gasteiger charge is -2.03. The SMILES string of the molecule is CN(Cl)C(=O)CCC=O. The fourth-order valence-corrected chi connectivity index (χ4v) is 0.421. The van der Waals surface area contributed by atoms with Crippen LogP contribution in [-0.4, -0.2) is 23.7 Å². The first-order valence-electron chi connectivity index (χ1n) is 2.54. The highest BCUT2D eigenvalue weighted by Gasteiger charge is 2.02. The molecule has 9 heavy (non-hydrogen) atoms. The second-order valence-corrected chi connectivity index (χ2v) is 2.08. The van der Waals surface area contributed by atoms with E-state index >= 15 is 0 Å². The van der Waals surface area contributed by atoms with Crippen molar-refractivity contribution in [3.05, 3.63) is 0 Å². The van der Waals surface area contributed by atoms with Crippen LogP contribution in [0.5, 0.6) is 0 Å². The van der Waals surface area contributed by atoms with E-state index in [0.717, 1.165) is 4.42 Å². The number of carbonyl (C=O) groups is 2. The summed E-state index contributed by atoms with van der Waals surface area (Å²) < 4.78 is 0.948. The van der Waals surface area contributed by atoms with Crippen LogP contribution in [-0.2, 0) is 9.59 Å². The zero-order chi connectivity index (χ0) is 7.28. The number of nitrogens with zero attached hydrogens (tertiary/aromatic N) is 1. The van der Waals surface area contributed by atoms with Crippen molar-refractivity contribution in [1.29, 1.82) is 0 Å². The molecule has 0 unspecified atom stereocenters. The lowest BCUT2D eigenvalue weighted by Crippen LogP contribution is -2.15. The van der Waals surface area contributed by atoms with Gasteiger partial charge in [-0.1, -0.05) is 0 Å². The van der Waals surface area contributed by atoms with E-state index in [1.54, 1.807) is 0 Å². The third-order valence-corrected chi connectivity index (χ3v) is 1.01. The minimum absolute atomic E-state index is 0.198. The molecule has 0 saturated heterocycles. The first-order chi connectivity index (χ1) is 4.18. The van der Waals surface area contributed by atoms with Crippen molar-refractivity contribution in [2.45, 2.75) is 12.8 Å². The molecule has 0 aliphatic rings. The van der Waals surface area contributed by atoms with E-state index in [2.05, 4.69) is 0 Å². The van der Waals surface area contributed by atoms with Crippen molar-refractivity contribution in [3.63, 3.8) is 0 Å². The molecular formula is C5H8ClNO2. The maximum absolute atomic E-state index is 10.5. The quantitative estimate of drug-likeness (QED) is 0.435. The molecule has 0 aliphatic heterocycles. The predicted molar refractivity (Wildman–Crippen MR) is 33.9 cm³/mol. The molecule has 0 spiro atoms. The second-order valence-electron chi connectivity index (χ2n) is 1.58. The summed E-state index contributed by atoms with van der Waals surface area (Å²) in [7, 11) is 1.44. The van der Waals surface area contributed by atoms with Gasteiger partial charge in [0.05, 0.1) is 0 Å². The van der Waals surface area contributed by atoms with Crippen LogP contribution in [0.4, 0.5) is 0 Å². The van der Waals surface area contributed by atoms with Crippen LogP contribution in [0.1, 0.15) is 12.8 Å². The van der Waals surface area contributed by atoms with Gasteiger partial charge in [-0.25, -0.2) is 0 Å². The molecule has 0 aliphatic carbocycles. The second kappa shape index (κ2) is 4.32. The van der Waals surface area contributed by atoms with E-state index in [1.807, 2.05) is 0 Å². The van der Waals surface area contributed by atoms with E-state index in [9.17, 15) is 9.59 Å². The van der Waals surface area contributed by atoms with Crippen LogP contribution in [0.15, 0.2) is 0 Å². The van der Waals surface area contributed by atoms with Crippen molar-refractivity contribution < 1.29 is 9.59 Å². The minimum atomic E-state index is -0.233. The summed E-state index contributed by atoms with van der Waals surface area (Å²) in [6.45, 7) is 0. The van der Waals surface area contributed by atoms with Gasteiger partial charge in [0, 0.05) is 31.7 Å². The van der Waals surface area contributed by atoms with Crippen LogP contribution in [0.25, 0.3) is 0 Å².